The van der Waals surface area contributed by atoms with Crippen molar-refractivity contribution < 1.29 is 14.6 Å². The summed E-state index contributed by atoms with van der Waals surface area (Å²) in [6.45, 7) is -0.279. The Morgan fingerprint density at radius 2 is 2.29 bits per heavy atom. The maximum Gasteiger partial charge on any atom is 0.205 e. The molecule has 21 heavy (non-hydrogen) atoms. The van der Waals surface area contributed by atoms with Crippen LogP contribution in [0.15, 0.2) is 29.3 Å². The van der Waals surface area contributed by atoms with Crippen molar-refractivity contribution in [2.24, 2.45) is 10.7 Å². The number of nitrogens with zero attached hydrogens (tertiary/aromatic N) is 1. The van der Waals surface area contributed by atoms with E-state index in [-0.39, 0.29) is 18.3 Å². The standard InChI is InChI=1S/C15H17ClN2O3/c16-10-5-2-1-4-9(10)15-7-3-6-12(13(15)20)21-14(18-15)11(17)8-19/h1-2,4-5,11-12,19H,3,6-8,17H2/t11?,12-,15?/m0/s1. The van der Waals surface area contributed by atoms with Crippen LogP contribution >= 0.6 is 11.6 Å². The lowest BCUT2D eigenvalue weighted by Crippen LogP contribution is -2.54. The molecule has 6 heteroatoms. The van der Waals surface area contributed by atoms with Crippen molar-refractivity contribution in [3.63, 3.8) is 0 Å². The van der Waals surface area contributed by atoms with Crippen LogP contribution in [0.5, 0.6) is 0 Å². The summed E-state index contributed by atoms with van der Waals surface area (Å²) in [7, 11) is 0. The Morgan fingerprint density at radius 3 is 3.00 bits per heavy atom. The molecular formula is C15H17ClN2O3. The lowest BCUT2D eigenvalue weighted by atomic mass is 9.74. The molecule has 1 aliphatic heterocycles. The molecular weight excluding hydrogens is 292 g/mol. The number of aliphatic imine (C=N–C) groups is 1. The maximum atomic E-state index is 12.7. The lowest BCUT2D eigenvalue weighted by Gasteiger charge is -2.42. The average Bonchev–Trinajstić information content (AvgIpc) is 2.47. The third-order valence-corrected chi connectivity index (χ3v) is 4.43. The van der Waals surface area contributed by atoms with Crippen LogP contribution in [-0.4, -0.2) is 35.5 Å². The summed E-state index contributed by atoms with van der Waals surface area (Å²) in [6, 6.07) is 6.50. The third-order valence-electron chi connectivity index (χ3n) is 4.10. The molecule has 3 atom stereocenters. The molecule has 1 aliphatic carbocycles. The predicted molar refractivity (Wildman–Crippen MR) is 79.4 cm³/mol. The van der Waals surface area contributed by atoms with E-state index in [1.807, 2.05) is 18.2 Å². The van der Waals surface area contributed by atoms with Gasteiger partial charge in [0.2, 0.25) is 11.7 Å². The number of Topliss-reactive ketones (excluding diaryl/α,β-unsaturated/α-hetero) is 1. The van der Waals surface area contributed by atoms with Gasteiger partial charge in [-0.1, -0.05) is 29.8 Å². The zero-order valence-electron chi connectivity index (χ0n) is 11.5. The minimum absolute atomic E-state index is 0.0734. The van der Waals surface area contributed by atoms with Crippen molar-refractivity contribution in [1.29, 1.82) is 0 Å². The summed E-state index contributed by atoms with van der Waals surface area (Å²) in [5.41, 5.74) is 5.48. The molecule has 5 nitrogen and oxygen atoms in total. The van der Waals surface area contributed by atoms with Crippen molar-refractivity contribution >= 4 is 23.3 Å². The second-order valence-corrected chi connectivity index (χ2v) is 5.85. The molecule has 1 saturated carbocycles. The Morgan fingerprint density at radius 1 is 1.52 bits per heavy atom. The first kappa shape index (κ1) is 14.5. The number of carbonyl (C=O) groups is 1. The molecule has 112 valence electrons. The van der Waals surface area contributed by atoms with Crippen LogP contribution in [0.2, 0.25) is 5.02 Å². The summed E-state index contributed by atoms with van der Waals surface area (Å²) in [5.74, 6) is 0.164. The van der Waals surface area contributed by atoms with E-state index >= 15 is 0 Å². The minimum Gasteiger partial charge on any atom is -0.468 e. The van der Waals surface area contributed by atoms with Crippen LogP contribution in [-0.2, 0) is 15.1 Å². The van der Waals surface area contributed by atoms with E-state index in [9.17, 15) is 9.90 Å². The molecule has 0 aromatic heterocycles. The summed E-state index contributed by atoms with van der Waals surface area (Å²) in [4.78, 5) is 17.2. The van der Waals surface area contributed by atoms with E-state index in [1.54, 1.807) is 6.07 Å². The van der Waals surface area contributed by atoms with Crippen LogP contribution in [0.25, 0.3) is 0 Å². The first-order chi connectivity index (χ1) is 10.1. The van der Waals surface area contributed by atoms with Gasteiger partial charge in [-0.3, -0.25) is 4.79 Å². The highest BCUT2D eigenvalue weighted by Crippen LogP contribution is 2.44. The number of fused-ring (bicyclic) bond motifs is 2. The number of benzene rings is 1. The Bertz CT molecular complexity index is 604. The molecule has 2 unspecified atom stereocenters. The van der Waals surface area contributed by atoms with Gasteiger partial charge >= 0.3 is 0 Å². The SMILES string of the molecule is NC(CO)C1=NC2(c3ccccc3Cl)CCC[C@H](O1)C2=O. The molecule has 2 aliphatic rings. The third kappa shape index (κ3) is 2.25. The highest BCUT2D eigenvalue weighted by Gasteiger charge is 2.52. The Labute approximate surface area is 127 Å². The van der Waals surface area contributed by atoms with Crippen molar-refractivity contribution in [2.45, 2.75) is 36.9 Å². The van der Waals surface area contributed by atoms with Gasteiger partial charge in [0.1, 0.15) is 6.04 Å². The highest BCUT2D eigenvalue weighted by atomic mass is 35.5. The van der Waals surface area contributed by atoms with Gasteiger partial charge in [0.15, 0.2) is 11.6 Å². The van der Waals surface area contributed by atoms with Gasteiger partial charge in [-0.2, -0.15) is 0 Å². The molecule has 0 radical (unpaired) electrons. The first-order valence-electron chi connectivity index (χ1n) is 7.00. The van der Waals surface area contributed by atoms with Gasteiger partial charge in [-0.05, 0) is 25.3 Å². The smallest absolute Gasteiger partial charge is 0.205 e. The zero-order valence-corrected chi connectivity index (χ0v) is 12.2. The maximum absolute atomic E-state index is 12.7. The molecule has 2 bridgehead atoms. The van der Waals surface area contributed by atoms with Gasteiger partial charge in [0.05, 0.1) is 6.61 Å². The fourth-order valence-electron chi connectivity index (χ4n) is 3.02. The van der Waals surface area contributed by atoms with Crippen molar-refractivity contribution in [3.05, 3.63) is 34.9 Å². The number of hydrogen-bond acceptors (Lipinski definition) is 5. The van der Waals surface area contributed by atoms with Crippen LogP contribution in [0, 0.1) is 0 Å². The van der Waals surface area contributed by atoms with Crippen LogP contribution in [0.1, 0.15) is 24.8 Å². The Balaban J connectivity index is 2.16. The zero-order chi connectivity index (χ0) is 15.0. The minimum atomic E-state index is -1.03. The van der Waals surface area contributed by atoms with Crippen LogP contribution in [0.3, 0.4) is 0 Å². The molecule has 1 fully saturated rings. The van der Waals surface area contributed by atoms with Crippen LogP contribution in [0.4, 0.5) is 0 Å². The first-order valence-corrected chi connectivity index (χ1v) is 7.38. The van der Waals surface area contributed by atoms with E-state index in [1.165, 1.54) is 0 Å². The number of carbonyl (C=O) groups excluding carboxylic acids is 1. The van der Waals surface area contributed by atoms with Gasteiger partial charge in [0.25, 0.3) is 0 Å². The number of aliphatic hydroxyl groups excluding tert-OH is 1. The molecule has 1 aromatic carbocycles. The van der Waals surface area contributed by atoms with E-state index in [2.05, 4.69) is 4.99 Å². The number of hydrogen-bond donors (Lipinski definition) is 2. The van der Waals surface area contributed by atoms with Gasteiger partial charge < -0.3 is 15.6 Å². The molecule has 1 heterocycles. The normalized spacial score (nSPS) is 29.6. The highest BCUT2D eigenvalue weighted by molar-refractivity contribution is 6.32. The molecule has 0 saturated heterocycles. The van der Waals surface area contributed by atoms with Gasteiger partial charge in [-0.25, -0.2) is 4.99 Å². The van der Waals surface area contributed by atoms with Gasteiger partial charge in [0, 0.05) is 10.6 Å². The lowest BCUT2D eigenvalue weighted by molar-refractivity contribution is -0.137. The fraction of sp³-hybridized carbons (Fsp3) is 0.467. The quantitative estimate of drug-likeness (QED) is 0.884. The largest absolute Gasteiger partial charge is 0.468 e. The fourth-order valence-corrected chi connectivity index (χ4v) is 3.31. The number of nitrogens with two attached hydrogens (primary N) is 1. The second kappa shape index (κ2) is 5.40. The number of halogens is 1. The van der Waals surface area contributed by atoms with Crippen LogP contribution < -0.4 is 5.73 Å². The number of rotatable bonds is 3. The Kier molecular flexibility index (Phi) is 3.73. The molecule has 0 spiro atoms. The van der Waals surface area contributed by atoms with Crippen molar-refractivity contribution in [2.75, 3.05) is 6.61 Å². The molecule has 3 rings (SSSR count). The van der Waals surface area contributed by atoms with E-state index in [4.69, 9.17) is 22.1 Å². The summed E-state index contributed by atoms with van der Waals surface area (Å²) in [5, 5.41) is 9.74. The molecule has 3 N–H and O–H groups in total. The monoisotopic (exact) mass is 308 g/mol. The number of ether oxygens (including phenoxy) is 1. The van der Waals surface area contributed by atoms with E-state index < -0.39 is 17.7 Å². The topological polar surface area (TPSA) is 84.9 Å². The van der Waals surface area contributed by atoms with Gasteiger partial charge in [-0.15, -0.1) is 0 Å². The number of ketones is 1. The van der Waals surface area contributed by atoms with Crippen molar-refractivity contribution in [1.82, 2.24) is 0 Å². The predicted octanol–water partition coefficient (Wildman–Crippen LogP) is 1.41. The summed E-state index contributed by atoms with van der Waals surface area (Å²) in [6.07, 6.45) is 1.49. The van der Waals surface area contributed by atoms with E-state index in [0.29, 0.717) is 23.4 Å². The summed E-state index contributed by atoms with van der Waals surface area (Å²) < 4.78 is 5.58. The van der Waals surface area contributed by atoms with Crippen molar-refractivity contribution in [3.8, 4) is 0 Å². The average molecular weight is 309 g/mol. The van der Waals surface area contributed by atoms with E-state index in [0.717, 1.165) is 6.42 Å². The second-order valence-electron chi connectivity index (χ2n) is 5.44. The summed E-state index contributed by atoms with van der Waals surface area (Å²) >= 11 is 6.28. The molecule has 1 aromatic rings. The number of aliphatic hydroxyl groups is 1. The molecule has 0 amide bonds. The Hall–Kier alpha value is -1.43.